The molecule has 0 aromatic carbocycles. The molecule has 0 bridgehead atoms. The average molecular weight is 194 g/mol. The quantitative estimate of drug-likeness (QED) is 0.592. The summed E-state index contributed by atoms with van der Waals surface area (Å²) in [5, 5.41) is 0. The van der Waals surface area contributed by atoms with Crippen LogP contribution in [0.4, 0.5) is 0 Å². The minimum Gasteiger partial charge on any atom is -0.455 e. The van der Waals surface area contributed by atoms with Gasteiger partial charge in [0.2, 0.25) is 0 Å². The van der Waals surface area contributed by atoms with Gasteiger partial charge in [-0.3, -0.25) is 9.98 Å². The van der Waals surface area contributed by atoms with Gasteiger partial charge in [-0.05, 0) is 26.8 Å². The number of hydrogen-bond acceptors (Lipinski definition) is 4. The van der Waals surface area contributed by atoms with Crippen molar-refractivity contribution < 1.29 is 9.53 Å². The van der Waals surface area contributed by atoms with Crippen molar-refractivity contribution in [3.05, 3.63) is 11.8 Å². The fourth-order valence-electron chi connectivity index (χ4n) is 0.865. The second-order valence-electron chi connectivity index (χ2n) is 3.88. The van der Waals surface area contributed by atoms with Gasteiger partial charge in [-0.25, -0.2) is 4.79 Å². The SMILES string of the molecule is CC(C)(C)OC(=O)C1=CC=NCC=N1. The van der Waals surface area contributed by atoms with Crippen LogP contribution in [0.2, 0.25) is 0 Å². The van der Waals surface area contributed by atoms with E-state index in [0.29, 0.717) is 12.2 Å². The molecule has 0 spiro atoms. The highest BCUT2D eigenvalue weighted by molar-refractivity contribution is 5.95. The summed E-state index contributed by atoms with van der Waals surface area (Å²) >= 11 is 0. The Morgan fingerprint density at radius 1 is 1.50 bits per heavy atom. The first kappa shape index (κ1) is 10.6. The number of allylic oxidation sites excluding steroid dienone is 1. The third-order valence-corrected chi connectivity index (χ3v) is 1.36. The number of carbonyl (C=O) groups excluding carboxylic acids is 1. The van der Waals surface area contributed by atoms with Gasteiger partial charge in [-0.1, -0.05) is 0 Å². The number of nitrogens with zero attached hydrogens (tertiary/aromatic N) is 2. The fourth-order valence-corrected chi connectivity index (χ4v) is 0.865. The Hall–Kier alpha value is -1.45. The normalized spacial score (nSPS) is 16.1. The lowest BCUT2D eigenvalue weighted by Gasteiger charge is -2.19. The van der Waals surface area contributed by atoms with Crippen LogP contribution in [0.3, 0.4) is 0 Å². The van der Waals surface area contributed by atoms with Gasteiger partial charge in [0.25, 0.3) is 0 Å². The molecule has 1 rings (SSSR count). The maximum Gasteiger partial charge on any atom is 0.357 e. The monoisotopic (exact) mass is 194 g/mol. The van der Waals surface area contributed by atoms with E-state index in [1.54, 1.807) is 18.5 Å². The summed E-state index contributed by atoms with van der Waals surface area (Å²) in [6, 6.07) is 0. The van der Waals surface area contributed by atoms with Gasteiger partial charge in [-0.2, -0.15) is 0 Å². The Morgan fingerprint density at radius 3 is 2.86 bits per heavy atom. The first-order chi connectivity index (χ1) is 6.49. The van der Waals surface area contributed by atoms with Crippen LogP contribution >= 0.6 is 0 Å². The number of ether oxygens (including phenoxy) is 1. The number of rotatable bonds is 1. The van der Waals surface area contributed by atoms with E-state index >= 15 is 0 Å². The van der Waals surface area contributed by atoms with Gasteiger partial charge < -0.3 is 4.74 Å². The molecule has 0 saturated carbocycles. The van der Waals surface area contributed by atoms with E-state index in [9.17, 15) is 4.79 Å². The molecular formula is C10H14N2O2. The summed E-state index contributed by atoms with van der Waals surface area (Å²) in [7, 11) is 0. The number of carbonyl (C=O) groups is 1. The molecule has 0 atom stereocenters. The summed E-state index contributed by atoms with van der Waals surface area (Å²) in [6.45, 7) is 5.96. The van der Waals surface area contributed by atoms with E-state index in [2.05, 4.69) is 9.98 Å². The van der Waals surface area contributed by atoms with Crippen molar-refractivity contribution in [2.45, 2.75) is 26.4 Å². The maximum absolute atomic E-state index is 11.5. The van der Waals surface area contributed by atoms with Crippen LogP contribution in [0.5, 0.6) is 0 Å². The maximum atomic E-state index is 11.5. The third-order valence-electron chi connectivity index (χ3n) is 1.36. The molecule has 0 amide bonds. The molecule has 0 aromatic heterocycles. The first-order valence-electron chi connectivity index (χ1n) is 4.45. The molecule has 4 heteroatoms. The lowest BCUT2D eigenvalue weighted by molar-refractivity contribution is -0.149. The molecule has 0 aromatic rings. The zero-order valence-electron chi connectivity index (χ0n) is 8.65. The van der Waals surface area contributed by atoms with E-state index < -0.39 is 11.6 Å². The highest BCUT2D eigenvalue weighted by Gasteiger charge is 2.19. The summed E-state index contributed by atoms with van der Waals surface area (Å²) < 4.78 is 5.15. The van der Waals surface area contributed by atoms with Crippen LogP contribution < -0.4 is 0 Å². The largest absolute Gasteiger partial charge is 0.455 e. The molecule has 4 nitrogen and oxygen atoms in total. The molecule has 0 unspecified atom stereocenters. The molecule has 0 N–H and O–H groups in total. The molecule has 76 valence electrons. The highest BCUT2D eigenvalue weighted by Crippen LogP contribution is 2.11. The van der Waals surface area contributed by atoms with Crippen LogP contribution in [0.1, 0.15) is 20.8 Å². The predicted molar refractivity (Wildman–Crippen MR) is 55.8 cm³/mol. The highest BCUT2D eigenvalue weighted by atomic mass is 16.6. The first-order valence-corrected chi connectivity index (χ1v) is 4.45. The molecule has 1 heterocycles. The van der Waals surface area contributed by atoms with Gasteiger partial charge in [-0.15, -0.1) is 0 Å². The van der Waals surface area contributed by atoms with Gasteiger partial charge >= 0.3 is 5.97 Å². The Morgan fingerprint density at radius 2 is 2.21 bits per heavy atom. The van der Waals surface area contributed by atoms with Crippen molar-refractivity contribution in [1.29, 1.82) is 0 Å². The number of esters is 1. The van der Waals surface area contributed by atoms with Crippen LogP contribution in [-0.4, -0.2) is 30.5 Å². The lowest BCUT2D eigenvalue weighted by Crippen LogP contribution is -2.24. The fraction of sp³-hybridized carbons (Fsp3) is 0.500. The summed E-state index contributed by atoms with van der Waals surface area (Å²) in [6.07, 6.45) is 4.70. The summed E-state index contributed by atoms with van der Waals surface area (Å²) in [5.41, 5.74) is -0.196. The Bertz CT molecular complexity index is 309. The number of hydrogen-bond donors (Lipinski definition) is 0. The minimum atomic E-state index is -0.489. The molecule has 1 aliphatic heterocycles. The van der Waals surface area contributed by atoms with Crippen molar-refractivity contribution in [2.24, 2.45) is 9.98 Å². The van der Waals surface area contributed by atoms with E-state index in [1.165, 1.54) is 0 Å². The Balaban J connectivity index is 2.69. The van der Waals surface area contributed by atoms with Crippen molar-refractivity contribution in [2.75, 3.05) is 6.54 Å². The van der Waals surface area contributed by atoms with E-state index in [-0.39, 0.29) is 0 Å². The van der Waals surface area contributed by atoms with Crippen LogP contribution in [-0.2, 0) is 9.53 Å². The molecular weight excluding hydrogens is 180 g/mol. The van der Waals surface area contributed by atoms with Crippen LogP contribution in [0.25, 0.3) is 0 Å². The Kier molecular flexibility index (Phi) is 3.17. The Labute approximate surface area is 83.4 Å². The standard InChI is InChI=1S/C10H14N2O2/c1-10(2,3)14-9(13)8-4-5-11-6-7-12-8/h4-5,7H,6H2,1-3H3. The zero-order chi connectivity index (χ0) is 10.6. The average Bonchev–Trinajstić information content (AvgIpc) is 2.27. The van der Waals surface area contributed by atoms with E-state index in [0.717, 1.165) is 0 Å². The van der Waals surface area contributed by atoms with E-state index in [1.807, 2.05) is 20.8 Å². The van der Waals surface area contributed by atoms with Crippen molar-refractivity contribution in [1.82, 2.24) is 0 Å². The van der Waals surface area contributed by atoms with Crippen LogP contribution in [0.15, 0.2) is 21.8 Å². The van der Waals surface area contributed by atoms with Gasteiger partial charge in [0.05, 0.1) is 6.54 Å². The molecule has 14 heavy (non-hydrogen) atoms. The second kappa shape index (κ2) is 4.17. The molecule has 0 radical (unpaired) electrons. The molecule has 0 saturated heterocycles. The van der Waals surface area contributed by atoms with Crippen LogP contribution in [0, 0.1) is 0 Å². The minimum absolute atomic E-state index is 0.293. The van der Waals surface area contributed by atoms with Gasteiger partial charge in [0.15, 0.2) is 0 Å². The zero-order valence-corrected chi connectivity index (χ0v) is 8.65. The van der Waals surface area contributed by atoms with Crippen molar-refractivity contribution in [3.63, 3.8) is 0 Å². The molecule has 1 aliphatic rings. The molecule has 0 fully saturated rings. The van der Waals surface area contributed by atoms with Gasteiger partial charge in [0, 0.05) is 12.4 Å². The third kappa shape index (κ3) is 3.51. The summed E-state index contributed by atoms with van der Waals surface area (Å²) in [5.74, 6) is -0.415. The second-order valence-corrected chi connectivity index (χ2v) is 3.88. The van der Waals surface area contributed by atoms with E-state index in [4.69, 9.17) is 4.74 Å². The van der Waals surface area contributed by atoms with Gasteiger partial charge in [0.1, 0.15) is 11.3 Å². The molecule has 0 aliphatic carbocycles. The predicted octanol–water partition coefficient (Wildman–Crippen LogP) is 1.37. The van der Waals surface area contributed by atoms with Crippen molar-refractivity contribution >= 4 is 18.4 Å². The smallest absolute Gasteiger partial charge is 0.357 e. The lowest BCUT2D eigenvalue weighted by atomic mass is 10.2. The summed E-state index contributed by atoms with van der Waals surface area (Å²) in [4.78, 5) is 19.4. The van der Waals surface area contributed by atoms with Crippen molar-refractivity contribution in [3.8, 4) is 0 Å². The number of aliphatic imine (C=N–C) groups is 2. The topological polar surface area (TPSA) is 51.0 Å².